The Morgan fingerprint density at radius 2 is 2.20 bits per heavy atom. The topological polar surface area (TPSA) is 38.1 Å². The van der Waals surface area contributed by atoms with Crippen molar-refractivity contribution < 1.29 is 4.79 Å². The highest BCUT2D eigenvalue weighted by Gasteiger charge is 2.29. The molecule has 2 aromatic rings. The van der Waals surface area contributed by atoms with Crippen molar-refractivity contribution in [3.05, 3.63) is 47.8 Å². The Labute approximate surface area is 119 Å². The first-order valence-corrected chi connectivity index (χ1v) is 7.02. The molecule has 1 aromatic heterocycles. The van der Waals surface area contributed by atoms with Crippen LogP contribution in [0.4, 0.5) is 0 Å². The number of benzene rings is 1. The monoisotopic (exact) mass is 269 g/mol. The van der Waals surface area contributed by atoms with Gasteiger partial charge in [0.05, 0.1) is 5.69 Å². The fourth-order valence-corrected chi connectivity index (χ4v) is 3.01. The van der Waals surface area contributed by atoms with E-state index in [1.807, 2.05) is 27.9 Å². The van der Waals surface area contributed by atoms with Gasteiger partial charge in [0.15, 0.2) is 0 Å². The molecule has 2 heterocycles. The Kier molecular flexibility index (Phi) is 3.30. The minimum atomic E-state index is 0.261. The van der Waals surface area contributed by atoms with Crippen LogP contribution in [0.15, 0.2) is 36.7 Å². The van der Waals surface area contributed by atoms with Crippen molar-refractivity contribution >= 4 is 6.41 Å². The first-order valence-electron chi connectivity index (χ1n) is 7.02. The Morgan fingerprint density at radius 1 is 1.35 bits per heavy atom. The fraction of sp³-hybridized carbons (Fsp3) is 0.375. The summed E-state index contributed by atoms with van der Waals surface area (Å²) in [5, 5.41) is 4.34. The van der Waals surface area contributed by atoms with Crippen LogP contribution >= 0.6 is 0 Å². The predicted octanol–water partition coefficient (Wildman–Crippen LogP) is 2.41. The molecule has 0 radical (unpaired) electrons. The predicted molar refractivity (Wildman–Crippen MR) is 77.5 cm³/mol. The summed E-state index contributed by atoms with van der Waals surface area (Å²) in [5.74, 6) is 0.444. The highest BCUT2D eigenvalue weighted by molar-refractivity contribution is 5.54. The molecular weight excluding hydrogens is 250 g/mol. The Balaban J connectivity index is 2.06. The van der Waals surface area contributed by atoms with Crippen molar-refractivity contribution in [2.24, 2.45) is 5.92 Å². The summed E-state index contributed by atoms with van der Waals surface area (Å²) in [6.45, 7) is 5.03. The van der Waals surface area contributed by atoms with Crippen LogP contribution < -0.4 is 0 Å². The largest absolute Gasteiger partial charge is 0.337 e. The van der Waals surface area contributed by atoms with Crippen molar-refractivity contribution in [3.63, 3.8) is 0 Å². The zero-order valence-corrected chi connectivity index (χ0v) is 11.9. The summed E-state index contributed by atoms with van der Waals surface area (Å²) in [7, 11) is 0. The molecule has 1 aromatic carbocycles. The molecule has 1 aliphatic heterocycles. The normalized spacial score (nSPS) is 18.1. The first kappa shape index (κ1) is 12.9. The van der Waals surface area contributed by atoms with Crippen LogP contribution in [0, 0.1) is 5.92 Å². The van der Waals surface area contributed by atoms with E-state index in [0.717, 1.165) is 18.5 Å². The summed E-state index contributed by atoms with van der Waals surface area (Å²) in [6, 6.07) is 8.43. The van der Waals surface area contributed by atoms with E-state index in [1.165, 1.54) is 11.1 Å². The number of nitrogens with zero attached hydrogens (tertiary/aromatic N) is 3. The molecular formula is C16H19N3O. The maximum Gasteiger partial charge on any atom is 0.210 e. The third-order valence-electron chi connectivity index (χ3n) is 4.10. The number of aromatic nitrogens is 2. The quantitative estimate of drug-likeness (QED) is 0.803. The number of amides is 1. The maximum atomic E-state index is 11.3. The second-order valence-corrected chi connectivity index (χ2v) is 5.66. The van der Waals surface area contributed by atoms with Crippen molar-refractivity contribution in [2.75, 3.05) is 0 Å². The molecule has 104 valence electrons. The third-order valence-corrected chi connectivity index (χ3v) is 4.10. The molecule has 0 saturated heterocycles. The summed E-state index contributed by atoms with van der Waals surface area (Å²) in [6.07, 6.45) is 5.63. The molecule has 3 rings (SSSR count). The summed E-state index contributed by atoms with van der Waals surface area (Å²) in [5.41, 5.74) is 3.67. The second kappa shape index (κ2) is 5.12. The molecule has 0 saturated carbocycles. The Bertz CT molecular complexity index is 604. The highest BCUT2D eigenvalue weighted by Crippen LogP contribution is 2.30. The molecule has 4 heteroatoms. The van der Waals surface area contributed by atoms with Crippen LogP contribution in [0.5, 0.6) is 0 Å². The molecule has 1 aliphatic rings. The van der Waals surface area contributed by atoms with Gasteiger partial charge in [-0.05, 0) is 35.6 Å². The lowest BCUT2D eigenvalue weighted by Gasteiger charge is -2.37. The van der Waals surface area contributed by atoms with Gasteiger partial charge in [-0.25, -0.2) is 4.68 Å². The molecule has 1 amide bonds. The van der Waals surface area contributed by atoms with Crippen molar-refractivity contribution in [1.29, 1.82) is 0 Å². The minimum absolute atomic E-state index is 0.261. The van der Waals surface area contributed by atoms with E-state index in [4.69, 9.17) is 0 Å². The van der Waals surface area contributed by atoms with Gasteiger partial charge < -0.3 is 4.90 Å². The standard InChI is InChI=1S/C16H19N3O/c1-12(2)16-9-14-13(10-18(16)11-20)5-3-6-15(14)19-8-4-7-17-19/h3-8,11-12,16H,9-10H2,1-2H3. The Morgan fingerprint density at radius 3 is 2.85 bits per heavy atom. The van der Waals surface area contributed by atoms with E-state index in [0.29, 0.717) is 12.5 Å². The van der Waals surface area contributed by atoms with E-state index in [9.17, 15) is 4.79 Å². The van der Waals surface area contributed by atoms with Gasteiger partial charge >= 0.3 is 0 Å². The van der Waals surface area contributed by atoms with E-state index in [2.05, 4.69) is 31.1 Å². The summed E-state index contributed by atoms with van der Waals surface area (Å²) >= 11 is 0. The van der Waals surface area contributed by atoms with Crippen LogP contribution in [0.25, 0.3) is 5.69 Å². The SMILES string of the molecule is CC(C)C1Cc2c(cccc2-n2cccn2)CN1C=O. The van der Waals surface area contributed by atoms with Crippen LogP contribution in [-0.4, -0.2) is 27.1 Å². The van der Waals surface area contributed by atoms with E-state index < -0.39 is 0 Å². The molecule has 1 atom stereocenters. The zero-order chi connectivity index (χ0) is 14.1. The number of carbonyl (C=O) groups excluding carboxylic acids is 1. The molecule has 0 bridgehead atoms. The molecule has 0 N–H and O–H groups in total. The number of hydrogen-bond acceptors (Lipinski definition) is 2. The number of rotatable bonds is 3. The van der Waals surface area contributed by atoms with Crippen molar-refractivity contribution in [1.82, 2.24) is 14.7 Å². The first-order chi connectivity index (χ1) is 9.70. The maximum absolute atomic E-state index is 11.3. The summed E-state index contributed by atoms with van der Waals surface area (Å²) in [4.78, 5) is 13.2. The lowest BCUT2D eigenvalue weighted by molar-refractivity contribution is -0.122. The lowest BCUT2D eigenvalue weighted by atomic mass is 9.87. The van der Waals surface area contributed by atoms with E-state index >= 15 is 0 Å². The molecule has 0 aliphatic carbocycles. The zero-order valence-electron chi connectivity index (χ0n) is 11.9. The molecule has 1 unspecified atom stereocenters. The number of carbonyl (C=O) groups is 1. The Hall–Kier alpha value is -2.10. The van der Waals surface area contributed by atoms with Crippen molar-refractivity contribution in [2.45, 2.75) is 32.9 Å². The second-order valence-electron chi connectivity index (χ2n) is 5.66. The van der Waals surface area contributed by atoms with Gasteiger partial charge in [0.2, 0.25) is 6.41 Å². The third kappa shape index (κ3) is 2.11. The molecule has 0 spiro atoms. The average molecular weight is 269 g/mol. The van der Waals surface area contributed by atoms with Crippen LogP contribution in [0.3, 0.4) is 0 Å². The van der Waals surface area contributed by atoms with Gasteiger partial charge in [-0.2, -0.15) is 5.10 Å². The molecule has 4 nitrogen and oxygen atoms in total. The smallest absolute Gasteiger partial charge is 0.210 e. The molecule has 20 heavy (non-hydrogen) atoms. The van der Waals surface area contributed by atoms with Gasteiger partial charge in [0.1, 0.15) is 0 Å². The number of fused-ring (bicyclic) bond motifs is 1. The summed E-state index contributed by atoms with van der Waals surface area (Å²) < 4.78 is 1.91. The van der Waals surface area contributed by atoms with E-state index in [1.54, 1.807) is 6.20 Å². The van der Waals surface area contributed by atoms with Crippen LogP contribution in [0.1, 0.15) is 25.0 Å². The van der Waals surface area contributed by atoms with Gasteiger partial charge in [-0.3, -0.25) is 4.79 Å². The van der Waals surface area contributed by atoms with Gasteiger partial charge in [-0.1, -0.05) is 26.0 Å². The molecule has 0 fully saturated rings. The van der Waals surface area contributed by atoms with Gasteiger partial charge in [0, 0.05) is 25.0 Å². The minimum Gasteiger partial charge on any atom is -0.337 e. The lowest BCUT2D eigenvalue weighted by Crippen LogP contribution is -2.43. The average Bonchev–Trinajstić information content (AvgIpc) is 2.99. The van der Waals surface area contributed by atoms with E-state index in [-0.39, 0.29) is 6.04 Å². The highest BCUT2D eigenvalue weighted by atomic mass is 16.1. The number of hydrogen-bond donors (Lipinski definition) is 0. The van der Waals surface area contributed by atoms with Crippen LogP contribution in [-0.2, 0) is 17.8 Å². The van der Waals surface area contributed by atoms with Gasteiger partial charge in [-0.15, -0.1) is 0 Å². The fourth-order valence-electron chi connectivity index (χ4n) is 3.01. The van der Waals surface area contributed by atoms with Crippen LogP contribution in [0.2, 0.25) is 0 Å². The van der Waals surface area contributed by atoms with Gasteiger partial charge in [0.25, 0.3) is 0 Å². The van der Waals surface area contributed by atoms with Crippen molar-refractivity contribution in [3.8, 4) is 5.69 Å².